The lowest BCUT2D eigenvalue weighted by Crippen LogP contribution is -2.31. The van der Waals surface area contributed by atoms with Crippen molar-refractivity contribution < 1.29 is 4.79 Å². The Bertz CT molecular complexity index is 844. The summed E-state index contributed by atoms with van der Waals surface area (Å²) in [5, 5.41) is 0. The lowest BCUT2D eigenvalue weighted by molar-refractivity contribution is -0.124. The van der Waals surface area contributed by atoms with Gasteiger partial charge in [0.05, 0.1) is 0 Å². The molecule has 3 nitrogen and oxygen atoms in total. The maximum absolute atomic E-state index is 13.3. The molecule has 0 aliphatic carbocycles. The molecule has 0 atom stereocenters. The molecule has 1 aromatic heterocycles. The number of carbonyl (C=O) groups is 1. The van der Waals surface area contributed by atoms with Crippen molar-refractivity contribution in [1.29, 1.82) is 0 Å². The van der Waals surface area contributed by atoms with Gasteiger partial charge in [0.1, 0.15) is 4.58 Å². The first-order valence-corrected chi connectivity index (χ1v) is 10.2. The van der Waals surface area contributed by atoms with Crippen molar-refractivity contribution >= 4 is 35.1 Å². The third-order valence-electron chi connectivity index (χ3n) is 3.90. The minimum atomic E-state index is -0.326. The zero-order valence-corrected chi connectivity index (χ0v) is 16.6. The molecule has 0 fully saturated rings. The predicted molar refractivity (Wildman–Crippen MR) is 114 cm³/mol. The minimum Gasteiger partial charge on any atom is -0.314 e. The van der Waals surface area contributed by atoms with Gasteiger partial charge < -0.3 is 4.90 Å². The number of amides is 1. The highest BCUT2D eigenvalue weighted by molar-refractivity contribution is 8.18. The first-order valence-electron chi connectivity index (χ1n) is 8.45. The number of nitrogens with zero attached hydrogens (tertiary/aromatic N) is 2. The fourth-order valence-corrected chi connectivity index (χ4v) is 4.89. The Morgan fingerprint density at radius 1 is 0.926 bits per heavy atom. The lowest BCUT2D eigenvalue weighted by Gasteiger charge is -2.25. The highest BCUT2D eigenvalue weighted by Crippen LogP contribution is 2.37. The van der Waals surface area contributed by atoms with Crippen LogP contribution in [0.2, 0.25) is 0 Å². The molecule has 1 amide bonds. The molecule has 0 saturated carbocycles. The summed E-state index contributed by atoms with van der Waals surface area (Å²) in [5.41, 5.74) is 1.47. The zero-order chi connectivity index (χ0) is 19.1. The van der Waals surface area contributed by atoms with E-state index in [1.807, 2.05) is 72.8 Å². The van der Waals surface area contributed by atoms with Gasteiger partial charge in [-0.15, -0.1) is 23.5 Å². The Hall–Kier alpha value is -2.50. The van der Waals surface area contributed by atoms with Crippen molar-refractivity contribution in [3.05, 3.63) is 97.3 Å². The second-order valence-corrected chi connectivity index (χ2v) is 8.43. The van der Waals surface area contributed by atoms with Gasteiger partial charge >= 0.3 is 0 Å². The van der Waals surface area contributed by atoms with E-state index in [2.05, 4.69) is 11.6 Å². The summed E-state index contributed by atoms with van der Waals surface area (Å²) in [6.07, 6.45) is 3.42. The number of hydrogen-bond donors (Lipinski definition) is 0. The number of benzene rings is 2. The van der Waals surface area contributed by atoms with Crippen molar-refractivity contribution in [3.8, 4) is 0 Å². The molecule has 0 spiro atoms. The molecule has 136 valence electrons. The van der Waals surface area contributed by atoms with Crippen LogP contribution in [0.15, 0.2) is 102 Å². The number of rotatable bonds is 7. The van der Waals surface area contributed by atoms with Crippen LogP contribution in [0.3, 0.4) is 0 Å². The van der Waals surface area contributed by atoms with Crippen LogP contribution in [0, 0.1) is 0 Å². The molecule has 0 aliphatic heterocycles. The average Bonchev–Trinajstić information content (AvgIpc) is 2.74. The van der Waals surface area contributed by atoms with Crippen LogP contribution in [-0.4, -0.2) is 27.4 Å². The number of aromatic nitrogens is 1. The van der Waals surface area contributed by atoms with E-state index in [0.29, 0.717) is 5.70 Å². The van der Waals surface area contributed by atoms with Crippen LogP contribution in [-0.2, 0) is 4.79 Å². The van der Waals surface area contributed by atoms with E-state index in [-0.39, 0.29) is 10.5 Å². The quantitative estimate of drug-likeness (QED) is 0.397. The van der Waals surface area contributed by atoms with Gasteiger partial charge in [-0.3, -0.25) is 9.78 Å². The molecule has 0 saturated heterocycles. The van der Waals surface area contributed by atoms with Crippen LogP contribution in [0.5, 0.6) is 0 Å². The SMILES string of the molecule is C=C(c1cccnc1)N(C)C(=O)C(Sc1ccccc1)Sc1ccccc1. The van der Waals surface area contributed by atoms with E-state index in [4.69, 9.17) is 0 Å². The normalized spacial score (nSPS) is 10.6. The van der Waals surface area contributed by atoms with Crippen molar-refractivity contribution in [2.75, 3.05) is 7.05 Å². The Kier molecular flexibility index (Phi) is 6.74. The van der Waals surface area contributed by atoms with Gasteiger partial charge in [0, 0.05) is 40.5 Å². The maximum atomic E-state index is 13.3. The smallest absolute Gasteiger partial charge is 0.250 e. The van der Waals surface area contributed by atoms with Crippen LogP contribution in [0.25, 0.3) is 5.70 Å². The summed E-state index contributed by atoms with van der Waals surface area (Å²) in [5.74, 6) is -0.00782. The first kappa shape index (κ1) is 19.3. The molecule has 0 radical (unpaired) electrons. The van der Waals surface area contributed by atoms with Gasteiger partial charge in [-0.1, -0.05) is 43.0 Å². The zero-order valence-electron chi connectivity index (χ0n) is 15.0. The third kappa shape index (κ3) is 5.25. The summed E-state index contributed by atoms with van der Waals surface area (Å²) in [6, 6.07) is 23.7. The van der Waals surface area contributed by atoms with E-state index >= 15 is 0 Å². The summed E-state index contributed by atoms with van der Waals surface area (Å²) in [4.78, 5) is 21.1. The molecule has 3 rings (SSSR count). The van der Waals surface area contributed by atoms with Crippen molar-refractivity contribution in [2.24, 2.45) is 0 Å². The van der Waals surface area contributed by atoms with E-state index < -0.39 is 0 Å². The van der Waals surface area contributed by atoms with Crippen LogP contribution in [0.4, 0.5) is 0 Å². The number of hydrogen-bond acceptors (Lipinski definition) is 4. The van der Waals surface area contributed by atoms with Crippen molar-refractivity contribution in [2.45, 2.75) is 14.4 Å². The van der Waals surface area contributed by atoms with Gasteiger partial charge in [0.15, 0.2) is 0 Å². The molecule has 27 heavy (non-hydrogen) atoms. The Morgan fingerprint density at radius 3 is 1.96 bits per heavy atom. The molecular weight excluding hydrogens is 372 g/mol. The number of carbonyl (C=O) groups excluding carboxylic acids is 1. The molecule has 5 heteroatoms. The number of thioether (sulfide) groups is 2. The van der Waals surface area contributed by atoms with Crippen molar-refractivity contribution in [3.63, 3.8) is 0 Å². The Labute approximate surface area is 168 Å². The molecule has 2 aromatic carbocycles. The van der Waals surface area contributed by atoms with Crippen LogP contribution >= 0.6 is 23.5 Å². The third-order valence-corrected chi connectivity index (χ3v) is 6.40. The topological polar surface area (TPSA) is 33.2 Å². The van der Waals surface area contributed by atoms with Crippen LogP contribution in [0.1, 0.15) is 5.56 Å². The summed E-state index contributed by atoms with van der Waals surface area (Å²) in [6.45, 7) is 4.09. The predicted octanol–water partition coefficient (Wildman–Crippen LogP) is 5.42. The average molecular weight is 393 g/mol. The molecular formula is C22H20N2OS2. The fraction of sp³-hybridized carbons (Fsp3) is 0.0909. The molecule has 0 unspecified atom stereocenters. The minimum absolute atomic E-state index is 0.00782. The molecule has 3 aromatic rings. The Morgan fingerprint density at radius 2 is 1.48 bits per heavy atom. The second-order valence-electron chi connectivity index (χ2n) is 5.78. The molecule has 0 bridgehead atoms. The lowest BCUT2D eigenvalue weighted by atomic mass is 10.2. The number of pyridine rings is 1. The molecule has 1 heterocycles. The van der Waals surface area contributed by atoms with Crippen molar-refractivity contribution in [1.82, 2.24) is 9.88 Å². The van der Waals surface area contributed by atoms with Crippen LogP contribution < -0.4 is 0 Å². The van der Waals surface area contributed by atoms with Gasteiger partial charge in [-0.2, -0.15) is 0 Å². The summed E-state index contributed by atoms with van der Waals surface area (Å²) in [7, 11) is 1.77. The highest BCUT2D eigenvalue weighted by Gasteiger charge is 2.26. The van der Waals surface area contributed by atoms with E-state index in [1.165, 1.54) is 0 Å². The maximum Gasteiger partial charge on any atom is 0.250 e. The molecule has 0 N–H and O–H groups in total. The summed E-state index contributed by atoms with van der Waals surface area (Å²) < 4.78 is -0.326. The van der Waals surface area contributed by atoms with Gasteiger partial charge in [0.2, 0.25) is 0 Å². The highest BCUT2D eigenvalue weighted by atomic mass is 32.2. The van der Waals surface area contributed by atoms with Gasteiger partial charge in [0.25, 0.3) is 5.91 Å². The summed E-state index contributed by atoms with van der Waals surface area (Å²) >= 11 is 3.10. The van der Waals surface area contributed by atoms with E-state index in [1.54, 1.807) is 47.9 Å². The first-order chi connectivity index (χ1) is 13.1. The molecule has 0 aliphatic rings. The fourth-order valence-electron chi connectivity index (χ4n) is 2.39. The van der Waals surface area contributed by atoms with Gasteiger partial charge in [-0.05, 0) is 36.4 Å². The largest absolute Gasteiger partial charge is 0.314 e. The Balaban J connectivity index is 1.82. The van der Waals surface area contributed by atoms with Gasteiger partial charge in [-0.25, -0.2) is 0 Å². The standard InChI is InChI=1S/C22H20N2OS2/c1-17(18-10-9-15-23-16-18)24(2)21(25)22(26-19-11-5-3-6-12-19)27-20-13-7-4-8-14-20/h3-16,22H,1H2,2H3. The van der Waals surface area contributed by atoms with E-state index in [9.17, 15) is 4.79 Å². The van der Waals surface area contributed by atoms with E-state index in [0.717, 1.165) is 15.4 Å². The monoisotopic (exact) mass is 392 g/mol. The second kappa shape index (κ2) is 9.44.